The maximum absolute atomic E-state index is 13.5. The fraction of sp³-hybridized carbons (Fsp3) is 0.269. The standard InChI is InChI=1S/C26H24N2O4S2/c1-32-20-6-8-21(9-7-20)34(30,31)27-14-17-12-19(16-27)26-22(10-11-25(29)28(26)15-17)24-13-18-4-2-3-5-23(18)33-24/h2-11,13,17,19H,12,14-16H2,1H3/t17-,19+/m0/s1. The minimum absolute atomic E-state index is 0.0129. The molecule has 0 radical (unpaired) electrons. The first-order chi connectivity index (χ1) is 16.4. The van der Waals surface area contributed by atoms with Gasteiger partial charge in [0.25, 0.3) is 5.56 Å². The lowest BCUT2D eigenvalue weighted by Gasteiger charge is -2.42. The van der Waals surface area contributed by atoms with E-state index < -0.39 is 10.0 Å². The van der Waals surface area contributed by atoms with Crippen molar-refractivity contribution in [2.75, 3.05) is 20.2 Å². The second kappa shape index (κ2) is 8.08. The number of thiophene rings is 1. The molecule has 1 saturated heterocycles. The predicted octanol–water partition coefficient (Wildman–Crippen LogP) is 4.55. The van der Waals surface area contributed by atoms with Crippen molar-refractivity contribution >= 4 is 31.4 Å². The number of benzene rings is 2. The first-order valence-corrected chi connectivity index (χ1v) is 13.6. The molecule has 2 bridgehead atoms. The Labute approximate surface area is 202 Å². The van der Waals surface area contributed by atoms with Gasteiger partial charge in [0, 0.05) is 52.5 Å². The van der Waals surface area contributed by atoms with E-state index in [1.807, 2.05) is 22.8 Å². The maximum atomic E-state index is 13.5. The molecule has 0 N–H and O–H groups in total. The Bertz CT molecular complexity index is 1520. The van der Waals surface area contributed by atoms with Crippen molar-refractivity contribution in [3.05, 3.63) is 82.8 Å². The maximum Gasteiger partial charge on any atom is 0.250 e. The molecule has 4 heterocycles. The number of fused-ring (bicyclic) bond motifs is 5. The second-order valence-corrected chi connectivity index (χ2v) is 12.0. The van der Waals surface area contributed by atoms with Crippen LogP contribution in [0.15, 0.2) is 76.4 Å². The van der Waals surface area contributed by atoms with Crippen LogP contribution in [-0.2, 0) is 16.6 Å². The number of piperidine rings is 1. The Kier molecular flexibility index (Phi) is 5.13. The molecule has 0 spiro atoms. The zero-order valence-electron chi connectivity index (χ0n) is 18.7. The van der Waals surface area contributed by atoms with Crippen LogP contribution in [0.25, 0.3) is 20.5 Å². The zero-order valence-corrected chi connectivity index (χ0v) is 20.3. The molecule has 8 heteroatoms. The lowest BCUT2D eigenvalue weighted by Crippen LogP contribution is -2.49. The molecule has 174 valence electrons. The van der Waals surface area contributed by atoms with Crippen LogP contribution in [0.1, 0.15) is 18.0 Å². The van der Waals surface area contributed by atoms with E-state index in [-0.39, 0.29) is 22.3 Å². The van der Waals surface area contributed by atoms with Crippen molar-refractivity contribution < 1.29 is 13.2 Å². The molecule has 2 atom stereocenters. The molecule has 6 nitrogen and oxygen atoms in total. The summed E-state index contributed by atoms with van der Waals surface area (Å²) in [5.74, 6) is 0.694. The van der Waals surface area contributed by atoms with Gasteiger partial charge in [-0.25, -0.2) is 8.42 Å². The van der Waals surface area contributed by atoms with Gasteiger partial charge in [0.15, 0.2) is 0 Å². The SMILES string of the molecule is COc1ccc(S(=O)(=O)N2C[C@@H]3C[C@H](C2)c2c(-c4cc5ccccc5s4)ccc(=O)n2C3)cc1. The fourth-order valence-electron chi connectivity index (χ4n) is 5.39. The number of methoxy groups -OCH3 is 1. The van der Waals surface area contributed by atoms with Gasteiger partial charge in [-0.05, 0) is 60.2 Å². The fourth-order valence-corrected chi connectivity index (χ4v) is 8.05. The average Bonchev–Trinajstić information content (AvgIpc) is 3.28. The zero-order chi connectivity index (χ0) is 23.4. The summed E-state index contributed by atoms with van der Waals surface area (Å²) in [7, 11) is -2.09. The van der Waals surface area contributed by atoms with Gasteiger partial charge >= 0.3 is 0 Å². The van der Waals surface area contributed by atoms with E-state index in [0.29, 0.717) is 25.4 Å². The molecular weight excluding hydrogens is 468 g/mol. The van der Waals surface area contributed by atoms with Gasteiger partial charge in [0.2, 0.25) is 10.0 Å². The Morgan fingerprint density at radius 2 is 1.76 bits per heavy atom. The number of aromatic nitrogens is 1. The summed E-state index contributed by atoms with van der Waals surface area (Å²) in [6.45, 7) is 1.33. The van der Waals surface area contributed by atoms with E-state index in [1.165, 1.54) is 10.1 Å². The molecule has 2 aliphatic heterocycles. The van der Waals surface area contributed by atoms with Gasteiger partial charge in [0.05, 0.1) is 12.0 Å². The van der Waals surface area contributed by atoms with Gasteiger partial charge in [-0.1, -0.05) is 18.2 Å². The lowest BCUT2D eigenvalue weighted by atomic mass is 9.82. The first-order valence-electron chi connectivity index (χ1n) is 11.3. The van der Waals surface area contributed by atoms with Crippen LogP contribution < -0.4 is 10.3 Å². The van der Waals surface area contributed by atoms with Crippen molar-refractivity contribution in [3.63, 3.8) is 0 Å². The van der Waals surface area contributed by atoms with E-state index in [1.54, 1.807) is 53.1 Å². The third kappa shape index (κ3) is 3.48. The van der Waals surface area contributed by atoms with Gasteiger partial charge in [0.1, 0.15) is 5.75 Å². The highest BCUT2D eigenvalue weighted by atomic mass is 32.2. The molecule has 0 saturated carbocycles. The molecule has 0 aliphatic carbocycles. The third-order valence-electron chi connectivity index (χ3n) is 6.94. The molecule has 4 aromatic rings. The van der Waals surface area contributed by atoms with Crippen LogP contribution >= 0.6 is 11.3 Å². The summed E-state index contributed by atoms with van der Waals surface area (Å²) in [4.78, 5) is 14.2. The van der Waals surface area contributed by atoms with Crippen molar-refractivity contribution in [2.24, 2.45) is 5.92 Å². The van der Waals surface area contributed by atoms with E-state index in [9.17, 15) is 13.2 Å². The molecule has 34 heavy (non-hydrogen) atoms. The number of pyridine rings is 1. The summed E-state index contributed by atoms with van der Waals surface area (Å²) in [6, 6.07) is 20.5. The topological polar surface area (TPSA) is 68.6 Å². The van der Waals surface area contributed by atoms with E-state index in [2.05, 4.69) is 18.2 Å². The van der Waals surface area contributed by atoms with Gasteiger partial charge in [-0.2, -0.15) is 4.31 Å². The van der Waals surface area contributed by atoms with Crippen molar-refractivity contribution in [2.45, 2.75) is 23.8 Å². The third-order valence-corrected chi connectivity index (χ3v) is 9.94. The Morgan fingerprint density at radius 1 is 0.971 bits per heavy atom. The average molecular weight is 493 g/mol. The van der Waals surface area contributed by atoms with Crippen molar-refractivity contribution in [1.82, 2.24) is 8.87 Å². The first kappa shape index (κ1) is 21.6. The van der Waals surface area contributed by atoms with Crippen LogP contribution in [0, 0.1) is 5.92 Å². The van der Waals surface area contributed by atoms with Crippen LogP contribution in [0.5, 0.6) is 5.75 Å². The highest BCUT2D eigenvalue weighted by molar-refractivity contribution is 7.89. The van der Waals surface area contributed by atoms with E-state index in [0.717, 1.165) is 22.6 Å². The summed E-state index contributed by atoms with van der Waals surface area (Å²) in [5.41, 5.74) is 1.99. The largest absolute Gasteiger partial charge is 0.497 e. The second-order valence-electron chi connectivity index (χ2n) is 9.03. The van der Waals surface area contributed by atoms with Crippen LogP contribution in [0.4, 0.5) is 0 Å². The Morgan fingerprint density at radius 3 is 2.53 bits per heavy atom. The van der Waals surface area contributed by atoms with Gasteiger partial charge < -0.3 is 9.30 Å². The molecule has 1 fully saturated rings. The summed E-state index contributed by atoms with van der Waals surface area (Å²) in [6.07, 6.45) is 0.885. The number of hydrogen-bond donors (Lipinski definition) is 0. The predicted molar refractivity (Wildman–Crippen MR) is 134 cm³/mol. The highest BCUT2D eigenvalue weighted by Gasteiger charge is 2.40. The number of ether oxygens (including phenoxy) is 1. The highest BCUT2D eigenvalue weighted by Crippen LogP contribution is 2.43. The number of sulfonamides is 1. The number of nitrogens with zero attached hydrogens (tertiary/aromatic N) is 2. The molecule has 0 amide bonds. The smallest absolute Gasteiger partial charge is 0.250 e. The molecule has 6 rings (SSSR count). The number of rotatable bonds is 4. The minimum atomic E-state index is -3.65. The van der Waals surface area contributed by atoms with Crippen LogP contribution in [-0.4, -0.2) is 37.5 Å². The molecule has 2 aliphatic rings. The van der Waals surface area contributed by atoms with E-state index in [4.69, 9.17) is 4.74 Å². The Balaban J connectivity index is 1.41. The van der Waals surface area contributed by atoms with Crippen LogP contribution in [0.2, 0.25) is 0 Å². The van der Waals surface area contributed by atoms with Crippen molar-refractivity contribution in [3.8, 4) is 16.2 Å². The summed E-state index contributed by atoms with van der Waals surface area (Å²) >= 11 is 1.71. The molecule has 2 aromatic heterocycles. The van der Waals surface area contributed by atoms with E-state index >= 15 is 0 Å². The quantitative estimate of drug-likeness (QED) is 0.419. The number of hydrogen-bond acceptors (Lipinski definition) is 5. The summed E-state index contributed by atoms with van der Waals surface area (Å²) < 4.78 is 36.8. The van der Waals surface area contributed by atoms with Gasteiger partial charge in [-0.3, -0.25) is 4.79 Å². The summed E-state index contributed by atoms with van der Waals surface area (Å²) in [5, 5.41) is 1.17. The van der Waals surface area contributed by atoms with Crippen LogP contribution in [0.3, 0.4) is 0 Å². The minimum Gasteiger partial charge on any atom is -0.497 e. The molecular formula is C26H24N2O4S2. The molecule has 2 aromatic carbocycles. The monoisotopic (exact) mass is 492 g/mol. The van der Waals surface area contributed by atoms with Gasteiger partial charge in [-0.15, -0.1) is 11.3 Å². The molecule has 0 unspecified atom stereocenters. The normalized spacial score (nSPS) is 20.3. The Hall–Kier alpha value is -2.94. The lowest BCUT2D eigenvalue weighted by molar-refractivity contribution is 0.187. The van der Waals surface area contributed by atoms with Crippen molar-refractivity contribution in [1.29, 1.82) is 0 Å².